The number of carbonyl (C=O) groups excluding carboxylic acids is 1. The zero-order chi connectivity index (χ0) is 21.5. The summed E-state index contributed by atoms with van der Waals surface area (Å²) in [5.74, 6) is -0.0820. The largest absolute Gasteiger partial charge is 0.382 e. The van der Waals surface area contributed by atoms with Crippen LogP contribution in [-0.4, -0.2) is 65.3 Å². The quantitative estimate of drug-likeness (QED) is 0.524. The topological polar surface area (TPSA) is 69.5 Å². The summed E-state index contributed by atoms with van der Waals surface area (Å²) in [6, 6.07) is 20.1. The second kappa shape index (κ2) is 10.3. The van der Waals surface area contributed by atoms with Crippen molar-refractivity contribution < 1.29 is 14.3 Å². The lowest BCUT2D eigenvalue weighted by Crippen LogP contribution is -2.41. The van der Waals surface area contributed by atoms with Gasteiger partial charge in [-0.1, -0.05) is 65.9 Å². The SMILES string of the molecule is COCCOC1CCN(C(=O)c2cn(C(c3ccccc3)c3ccccc3)nn2)CC1. The normalized spacial score (nSPS) is 14.8. The van der Waals surface area contributed by atoms with Crippen LogP contribution < -0.4 is 0 Å². The van der Waals surface area contributed by atoms with Gasteiger partial charge < -0.3 is 14.4 Å². The molecule has 1 fully saturated rings. The molecule has 0 spiro atoms. The van der Waals surface area contributed by atoms with Gasteiger partial charge in [0, 0.05) is 20.2 Å². The minimum atomic E-state index is -0.142. The minimum absolute atomic E-state index is 0.0820. The van der Waals surface area contributed by atoms with Crippen LogP contribution in [0.2, 0.25) is 0 Å². The Hall–Kier alpha value is -3.03. The summed E-state index contributed by atoms with van der Waals surface area (Å²) in [4.78, 5) is 14.9. The molecule has 0 unspecified atom stereocenters. The zero-order valence-corrected chi connectivity index (χ0v) is 17.8. The maximum absolute atomic E-state index is 13.0. The summed E-state index contributed by atoms with van der Waals surface area (Å²) in [5, 5.41) is 8.55. The van der Waals surface area contributed by atoms with E-state index in [4.69, 9.17) is 9.47 Å². The molecule has 0 N–H and O–H groups in total. The van der Waals surface area contributed by atoms with Crippen molar-refractivity contribution in [2.45, 2.75) is 25.0 Å². The van der Waals surface area contributed by atoms with E-state index in [1.54, 1.807) is 18.0 Å². The van der Waals surface area contributed by atoms with Crippen molar-refractivity contribution in [2.75, 3.05) is 33.4 Å². The molecule has 162 valence electrons. The molecule has 3 aromatic rings. The Morgan fingerprint density at radius 1 is 1.00 bits per heavy atom. The predicted octanol–water partition coefficient (Wildman–Crippen LogP) is 3.18. The summed E-state index contributed by atoms with van der Waals surface area (Å²) in [7, 11) is 1.66. The molecule has 0 atom stereocenters. The number of hydrogen-bond donors (Lipinski definition) is 0. The molecule has 1 amide bonds. The molecule has 0 saturated carbocycles. The molecule has 31 heavy (non-hydrogen) atoms. The van der Waals surface area contributed by atoms with Crippen LogP contribution in [-0.2, 0) is 9.47 Å². The van der Waals surface area contributed by atoms with E-state index in [2.05, 4.69) is 34.6 Å². The Bertz CT molecular complexity index is 914. The first kappa shape index (κ1) is 21.2. The van der Waals surface area contributed by atoms with Gasteiger partial charge in [-0.05, 0) is 24.0 Å². The number of nitrogens with zero attached hydrogens (tertiary/aromatic N) is 4. The Morgan fingerprint density at radius 2 is 1.61 bits per heavy atom. The fourth-order valence-corrected chi connectivity index (χ4v) is 3.96. The molecular formula is C24H28N4O3. The average molecular weight is 421 g/mol. The van der Waals surface area contributed by atoms with Crippen LogP contribution in [0.25, 0.3) is 0 Å². The van der Waals surface area contributed by atoms with Gasteiger partial charge in [-0.15, -0.1) is 5.10 Å². The summed E-state index contributed by atoms with van der Waals surface area (Å²) >= 11 is 0. The van der Waals surface area contributed by atoms with E-state index >= 15 is 0 Å². The van der Waals surface area contributed by atoms with Gasteiger partial charge in [0.25, 0.3) is 5.91 Å². The molecule has 1 aliphatic heterocycles. The van der Waals surface area contributed by atoms with Gasteiger partial charge in [0.15, 0.2) is 5.69 Å². The number of benzene rings is 2. The van der Waals surface area contributed by atoms with E-state index in [0.29, 0.717) is 32.0 Å². The van der Waals surface area contributed by atoms with E-state index in [1.165, 1.54) is 0 Å². The molecule has 7 heteroatoms. The molecule has 4 rings (SSSR count). The fraction of sp³-hybridized carbons (Fsp3) is 0.375. The van der Waals surface area contributed by atoms with Crippen molar-refractivity contribution in [3.63, 3.8) is 0 Å². The van der Waals surface area contributed by atoms with Gasteiger partial charge in [0.05, 0.1) is 25.5 Å². The Morgan fingerprint density at radius 3 is 2.19 bits per heavy atom. The lowest BCUT2D eigenvalue weighted by atomic mass is 9.99. The van der Waals surface area contributed by atoms with E-state index in [-0.39, 0.29) is 18.1 Å². The first-order valence-electron chi connectivity index (χ1n) is 10.7. The number of aromatic nitrogens is 3. The first-order chi connectivity index (χ1) is 15.3. The Labute approximate surface area is 182 Å². The highest BCUT2D eigenvalue weighted by atomic mass is 16.5. The molecule has 0 aliphatic carbocycles. The number of hydrogen-bond acceptors (Lipinski definition) is 5. The molecule has 1 aromatic heterocycles. The van der Waals surface area contributed by atoms with Crippen molar-refractivity contribution >= 4 is 5.91 Å². The molecule has 0 radical (unpaired) electrons. The molecule has 0 bridgehead atoms. The molecule has 1 saturated heterocycles. The van der Waals surface area contributed by atoms with E-state index in [1.807, 2.05) is 41.3 Å². The number of rotatable bonds is 8. The second-order valence-electron chi connectivity index (χ2n) is 7.66. The lowest BCUT2D eigenvalue weighted by Gasteiger charge is -2.31. The molecular weight excluding hydrogens is 392 g/mol. The van der Waals surface area contributed by atoms with Gasteiger partial charge in [-0.3, -0.25) is 4.79 Å². The third-order valence-corrected chi connectivity index (χ3v) is 5.59. The van der Waals surface area contributed by atoms with Crippen molar-refractivity contribution in [2.24, 2.45) is 0 Å². The van der Waals surface area contributed by atoms with Crippen LogP contribution >= 0.6 is 0 Å². The zero-order valence-electron chi connectivity index (χ0n) is 17.8. The first-order valence-corrected chi connectivity index (χ1v) is 10.7. The third kappa shape index (κ3) is 5.18. The van der Waals surface area contributed by atoms with Gasteiger partial charge in [0.2, 0.25) is 0 Å². The van der Waals surface area contributed by atoms with E-state index < -0.39 is 0 Å². The molecule has 1 aliphatic rings. The second-order valence-corrected chi connectivity index (χ2v) is 7.66. The summed E-state index contributed by atoms with van der Waals surface area (Å²) in [6.45, 7) is 2.49. The fourth-order valence-electron chi connectivity index (χ4n) is 3.96. The highest BCUT2D eigenvalue weighted by molar-refractivity contribution is 5.92. The maximum Gasteiger partial charge on any atom is 0.276 e. The van der Waals surface area contributed by atoms with Gasteiger partial charge in [0.1, 0.15) is 6.04 Å². The molecule has 2 aromatic carbocycles. The van der Waals surface area contributed by atoms with Crippen LogP contribution in [0.1, 0.15) is 40.5 Å². The predicted molar refractivity (Wildman–Crippen MR) is 117 cm³/mol. The monoisotopic (exact) mass is 420 g/mol. The summed E-state index contributed by atoms with van der Waals surface area (Å²) < 4.78 is 12.6. The van der Waals surface area contributed by atoms with Gasteiger partial charge >= 0.3 is 0 Å². The van der Waals surface area contributed by atoms with Crippen LogP contribution in [0.3, 0.4) is 0 Å². The Kier molecular flexibility index (Phi) is 7.07. The van der Waals surface area contributed by atoms with Crippen molar-refractivity contribution in [1.82, 2.24) is 19.9 Å². The lowest BCUT2D eigenvalue weighted by molar-refractivity contribution is -0.0123. The standard InChI is InChI=1S/C24H28N4O3/c1-30-16-17-31-21-12-14-27(15-13-21)24(29)22-18-28(26-25-22)23(19-8-4-2-5-9-19)20-10-6-3-7-11-20/h2-11,18,21,23H,12-17H2,1H3. The number of piperidine rings is 1. The van der Waals surface area contributed by atoms with Crippen LogP contribution in [0.5, 0.6) is 0 Å². The van der Waals surface area contributed by atoms with E-state index in [0.717, 1.165) is 24.0 Å². The summed E-state index contributed by atoms with van der Waals surface area (Å²) in [5.41, 5.74) is 2.55. The number of ether oxygens (including phenoxy) is 2. The van der Waals surface area contributed by atoms with Crippen molar-refractivity contribution in [3.8, 4) is 0 Å². The van der Waals surface area contributed by atoms with Crippen LogP contribution in [0.4, 0.5) is 0 Å². The summed E-state index contributed by atoms with van der Waals surface area (Å²) in [6.07, 6.45) is 3.57. The van der Waals surface area contributed by atoms with Crippen molar-refractivity contribution in [3.05, 3.63) is 83.7 Å². The maximum atomic E-state index is 13.0. The smallest absolute Gasteiger partial charge is 0.276 e. The third-order valence-electron chi connectivity index (χ3n) is 5.59. The van der Waals surface area contributed by atoms with Crippen LogP contribution in [0.15, 0.2) is 66.9 Å². The average Bonchev–Trinajstić information content (AvgIpc) is 3.30. The molecule has 7 nitrogen and oxygen atoms in total. The number of amides is 1. The highest BCUT2D eigenvalue weighted by Crippen LogP contribution is 2.26. The minimum Gasteiger partial charge on any atom is -0.382 e. The van der Waals surface area contributed by atoms with Crippen LogP contribution in [0, 0.1) is 0 Å². The van der Waals surface area contributed by atoms with Gasteiger partial charge in [-0.25, -0.2) is 4.68 Å². The number of methoxy groups -OCH3 is 1. The molecule has 2 heterocycles. The highest BCUT2D eigenvalue weighted by Gasteiger charge is 2.27. The number of carbonyl (C=O) groups is 1. The Balaban J connectivity index is 1.47. The van der Waals surface area contributed by atoms with E-state index in [9.17, 15) is 4.79 Å². The van der Waals surface area contributed by atoms with Gasteiger partial charge in [-0.2, -0.15) is 0 Å². The number of likely N-dealkylation sites (tertiary alicyclic amines) is 1. The van der Waals surface area contributed by atoms with Crippen molar-refractivity contribution in [1.29, 1.82) is 0 Å².